The summed E-state index contributed by atoms with van der Waals surface area (Å²) in [5.74, 6) is -1.55. The van der Waals surface area contributed by atoms with E-state index in [1.807, 2.05) is 6.07 Å². The van der Waals surface area contributed by atoms with Gasteiger partial charge >= 0.3 is 5.97 Å². The molecule has 0 amide bonds. The van der Waals surface area contributed by atoms with Crippen LogP contribution in [0.3, 0.4) is 0 Å². The van der Waals surface area contributed by atoms with Crippen molar-refractivity contribution in [1.29, 1.82) is 0 Å². The van der Waals surface area contributed by atoms with Gasteiger partial charge in [-0.3, -0.25) is 0 Å². The highest BCUT2D eigenvalue weighted by molar-refractivity contribution is 5.88. The summed E-state index contributed by atoms with van der Waals surface area (Å²) in [5, 5.41) is 8.90. The van der Waals surface area contributed by atoms with Gasteiger partial charge < -0.3 is 9.84 Å². The number of aryl methyl sites for hydroxylation is 2. The van der Waals surface area contributed by atoms with Gasteiger partial charge in [0.05, 0.1) is 5.56 Å². The zero-order chi connectivity index (χ0) is 14.8. The Kier molecular flexibility index (Phi) is 3.60. The molecule has 1 N–H and O–H groups in total. The lowest BCUT2D eigenvalue weighted by atomic mass is 10.1. The number of rotatable bonds is 4. The van der Waals surface area contributed by atoms with Gasteiger partial charge in [-0.1, -0.05) is 18.2 Å². The lowest BCUT2D eigenvalue weighted by Crippen LogP contribution is -2.01. The quantitative estimate of drug-likeness (QED) is 0.934. The molecule has 1 aliphatic carbocycles. The first-order valence-corrected chi connectivity index (χ1v) is 6.89. The van der Waals surface area contributed by atoms with Crippen LogP contribution < -0.4 is 4.74 Å². The van der Waals surface area contributed by atoms with Crippen LogP contribution in [0.2, 0.25) is 0 Å². The van der Waals surface area contributed by atoms with Crippen LogP contribution in [-0.2, 0) is 19.4 Å². The lowest BCUT2D eigenvalue weighted by Gasteiger charge is -2.09. The topological polar surface area (TPSA) is 46.5 Å². The molecule has 0 fully saturated rings. The molecule has 0 heterocycles. The largest absolute Gasteiger partial charge is 0.489 e. The molecule has 3 nitrogen and oxygen atoms in total. The Balaban J connectivity index is 1.74. The number of carboxylic acid groups (broad SMARTS) is 1. The maximum atomic E-state index is 13.4. The van der Waals surface area contributed by atoms with Crippen LogP contribution >= 0.6 is 0 Å². The summed E-state index contributed by atoms with van der Waals surface area (Å²) in [6, 6.07) is 9.72. The van der Waals surface area contributed by atoms with Gasteiger partial charge in [0.15, 0.2) is 0 Å². The van der Waals surface area contributed by atoms with Crippen LogP contribution in [0, 0.1) is 5.82 Å². The molecule has 0 atom stereocenters. The van der Waals surface area contributed by atoms with Gasteiger partial charge in [0.25, 0.3) is 0 Å². The predicted octanol–water partition coefficient (Wildman–Crippen LogP) is 3.59. The summed E-state index contributed by atoms with van der Waals surface area (Å²) in [6.45, 7) is 0.301. The summed E-state index contributed by atoms with van der Waals surface area (Å²) >= 11 is 0. The first kappa shape index (κ1) is 13.6. The smallest absolute Gasteiger partial charge is 0.335 e. The standard InChI is InChI=1S/C17H15FO3/c18-15-7-14(17(19)20)8-16(9-15)21-10-11-4-5-12-2-1-3-13(12)6-11/h4-9H,1-3,10H2,(H,19,20). The number of halogens is 1. The van der Waals surface area contributed by atoms with Crippen LogP contribution in [0.1, 0.15) is 33.5 Å². The van der Waals surface area contributed by atoms with Crippen LogP contribution in [0.4, 0.5) is 4.39 Å². The van der Waals surface area contributed by atoms with Gasteiger partial charge in [0, 0.05) is 6.07 Å². The minimum atomic E-state index is -1.17. The zero-order valence-corrected chi connectivity index (χ0v) is 11.4. The molecule has 21 heavy (non-hydrogen) atoms. The Morgan fingerprint density at radius 2 is 1.95 bits per heavy atom. The van der Waals surface area contributed by atoms with Crippen LogP contribution in [0.15, 0.2) is 36.4 Å². The Morgan fingerprint density at radius 3 is 2.76 bits per heavy atom. The van der Waals surface area contributed by atoms with Gasteiger partial charge in [0.2, 0.25) is 0 Å². The van der Waals surface area contributed by atoms with Gasteiger partial charge in [-0.05, 0) is 48.1 Å². The predicted molar refractivity (Wildman–Crippen MR) is 76.2 cm³/mol. The van der Waals surface area contributed by atoms with E-state index in [0.29, 0.717) is 6.61 Å². The number of hydrogen-bond donors (Lipinski definition) is 1. The minimum Gasteiger partial charge on any atom is -0.489 e. The highest BCUT2D eigenvalue weighted by Crippen LogP contribution is 2.24. The molecule has 0 radical (unpaired) electrons. The second-order valence-electron chi connectivity index (χ2n) is 5.23. The van der Waals surface area contributed by atoms with E-state index in [9.17, 15) is 9.18 Å². The third-order valence-corrected chi connectivity index (χ3v) is 3.69. The van der Waals surface area contributed by atoms with Crippen molar-refractivity contribution in [3.63, 3.8) is 0 Å². The molecule has 0 aliphatic heterocycles. The van der Waals surface area contributed by atoms with Gasteiger partial charge in [-0.2, -0.15) is 0 Å². The van der Waals surface area contributed by atoms with Crippen LogP contribution in [0.25, 0.3) is 0 Å². The average Bonchev–Trinajstić information content (AvgIpc) is 2.92. The molecule has 108 valence electrons. The van der Waals surface area contributed by atoms with E-state index in [4.69, 9.17) is 9.84 Å². The number of hydrogen-bond acceptors (Lipinski definition) is 2. The third-order valence-electron chi connectivity index (χ3n) is 3.69. The molecule has 0 saturated carbocycles. The van der Waals surface area contributed by atoms with E-state index >= 15 is 0 Å². The first-order valence-electron chi connectivity index (χ1n) is 6.89. The number of aromatic carboxylic acids is 1. The third kappa shape index (κ3) is 3.05. The van der Waals surface area contributed by atoms with E-state index in [1.165, 1.54) is 29.7 Å². The molecular weight excluding hydrogens is 271 g/mol. The number of benzene rings is 2. The fourth-order valence-corrected chi connectivity index (χ4v) is 2.65. The van der Waals surface area contributed by atoms with Gasteiger partial charge in [-0.15, -0.1) is 0 Å². The molecule has 0 aromatic heterocycles. The normalized spacial score (nSPS) is 13.0. The summed E-state index contributed by atoms with van der Waals surface area (Å²) in [4.78, 5) is 10.9. The van der Waals surface area contributed by atoms with Crippen molar-refractivity contribution in [2.75, 3.05) is 0 Å². The molecule has 1 aliphatic rings. The van der Waals surface area contributed by atoms with Crippen molar-refractivity contribution >= 4 is 5.97 Å². The molecule has 3 rings (SSSR count). The Bertz CT molecular complexity index is 694. The molecule has 0 spiro atoms. The SMILES string of the molecule is O=C(O)c1cc(F)cc(OCc2ccc3c(c2)CCC3)c1. The van der Waals surface area contributed by atoms with Crippen molar-refractivity contribution in [3.05, 3.63) is 64.5 Å². The second-order valence-corrected chi connectivity index (χ2v) is 5.23. The van der Waals surface area contributed by atoms with Crippen molar-refractivity contribution in [1.82, 2.24) is 0 Å². The van der Waals surface area contributed by atoms with E-state index in [1.54, 1.807) is 0 Å². The second kappa shape index (κ2) is 5.56. The number of carbonyl (C=O) groups is 1. The fourth-order valence-electron chi connectivity index (χ4n) is 2.65. The molecule has 2 aromatic carbocycles. The monoisotopic (exact) mass is 286 g/mol. The Hall–Kier alpha value is -2.36. The fraction of sp³-hybridized carbons (Fsp3) is 0.235. The average molecular weight is 286 g/mol. The molecule has 4 heteroatoms. The summed E-state index contributed by atoms with van der Waals surface area (Å²) < 4.78 is 18.9. The van der Waals surface area contributed by atoms with Crippen molar-refractivity contribution < 1.29 is 19.0 Å². The molecule has 0 unspecified atom stereocenters. The number of ether oxygens (including phenoxy) is 1. The van der Waals surface area contributed by atoms with Crippen LogP contribution in [-0.4, -0.2) is 11.1 Å². The molecule has 0 bridgehead atoms. The summed E-state index contributed by atoms with van der Waals surface area (Å²) in [6.07, 6.45) is 3.40. The van der Waals surface area contributed by atoms with E-state index in [-0.39, 0.29) is 11.3 Å². The van der Waals surface area contributed by atoms with Gasteiger partial charge in [0.1, 0.15) is 18.2 Å². The van der Waals surface area contributed by atoms with Crippen molar-refractivity contribution in [3.8, 4) is 5.75 Å². The molecule has 2 aromatic rings. The maximum absolute atomic E-state index is 13.4. The highest BCUT2D eigenvalue weighted by atomic mass is 19.1. The maximum Gasteiger partial charge on any atom is 0.335 e. The number of fused-ring (bicyclic) bond motifs is 1. The van der Waals surface area contributed by atoms with E-state index in [2.05, 4.69) is 12.1 Å². The first-order chi connectivity index (χ1) is 10.1. The van der Waals surface area contributed by atoms with E-state index < -0.39 is 11.8 Å². The lowest BCUT2D eigenvalue weighted by molar-refractivity contribution is 0.0695. The van der Waals surface area contributed by atoms with E-state index in [0.717, 1.165) is 24.5 Å². The summed E-state index contributed by atoms with van der Waals surface area (Å²) in [7, 11) is 0. The summed E-state index contributed by atoms with van der Waals surface area (Å²) in [5.41, 5.74) is 3.63. The Morgan fingerprint density at radius 1 is 1.14 bits per heavy atom. The highest BCUT2D eigenvalue weighted by Gasteiger charge is 2.11. The Labute approximate surface area is 122 Å². The zero-order valence-electron chi connectivity index (χ0n) is 11.4. The van der Waals surface area contributed by atoms with Crippen molar-refractivity contribution in [2.45, 2.75) is 25.9 Å². The number of carboxylic acids is 1. The van der Waals surface area contributed by atoms with Crippen molar-refractivity contribution in [2.24, 2.45) is 0 Å². The molecule has 0 saturated heterocycles. The van der Waals surface area contributed by atoms with Crippen LogP contribution in [0.5, 0.6) is 5.75 Å². The molecular formula is C17H15FO3. The minimum absolute atomic E-state index is 0.112. The van der Waals surface area contributed by atoms with Gasteiger partial charge in [-0.25, -0.2) is 9.18 Å².